The number of guanidine groups is 1. The molecule has 4 nitrogen and oxygen atoms in total. The van der Waals surface area contributed by atoms with Crippen LogP contribution < -0.4 is 11.2 Å². The lowest BCUT2D eigenvalue weighted by Gasteiger charge is -2.31. The second-order valence-corrected chi connectivity index (χ2v) is 3.96. The molecule has 0 bridgehead atoms. The van der Waals surface area contributed by atoms with Crippen molar-refractivity contribution in [3.05, 3.63) is 0 Å². The van der Waals surface area contributed by atoms with E-state index in [4.69, 9.17) is 10.9 Å². The first-order chi connectivity index (χ1) is 6.15. The van der Waals surface area contributed by atoms with E-state index in [2.05, 4.69) is 18.8 Å². The Bertz CT molecular complexity index is 193. The summed E-state index contributed by atoms with van der Waals surface area (Å²) in [6.07, 6.45) is 3.56. The van der Waals surface area contributed by atoms with Crippen LogP contribution in [0.4, 0.5) is 0 Å². The standard InChI is InChI=1S/C9H19N3O/c1-6-4-3-5-8(7(6)2)11-9(10)12-13/h6-8,13H,3-5H2,1-2H3,(H3,10,11,12). The number of hydrogen-bond acceptors (Lipinski definition) is 2. The van der Waals surface area contributed by atoms with E-state index in [1.54, 1.807) is 0 Å². The minimum atomic E-state index is 0.131. The maximum Gasteiger partial charge on any atom is 0.213 e. The Kier molecular flexibility index (Phi) is 3.54. The van der Waals surface area contributed by atoms with Crippen molar-refractivity contribution in [2.75, 3.05) is 0 Å². The molecule has 0 aromatic rings. The van der Waals surface area contributed by atoms with Gasteiger partial charge in [0.2, 0.25) is 5.96 Å². The molecule has 1 saturated carbocycles. The second-order valence-electron chi connectivity index (χ2n) is 3.96. The Morgan fingerprint density at radius 1 is 1.46 bits per heavy atom. The van der Waals surface area contributed by atoms with Crippen LogP contribution in [0.25, 0.3) is 0 Å². The number of aliphatic imine (C=N–C) groups is 1. The van der Waals surface area contributed by atoms with E-state index in [9.17, 15) is 0 Å². The molecule has 4 heteroatoms. The second kappa shape index (κ2) is 4.46. The van der Waals surface area contributed by atoms with Gasteiger partial charge < -0.3 is 5.73 Å². The summed E-state index contributed by atoms with van der Waals surface area (Å²) in [4.78, 5) is 4.22. The highest BCUT2D eigenvalue weighted by Gasteiger charge is 2.26. The molecule has 0 radical (unpaired) electrons. The van der Waals surface area contributed by atoms with Gasteiger partial charge in [-0.2, -0.15) is 0 Å². The van der Waals surface area contributed by atoms with Gasteiger partial charge in [0.15, 0.2) is 0 Å². The van der Waals surface area contributed by atoms with Gasteiger partial charge in [-0.3, -0.25) is 5.21 Å². The van der Waals surface area contributed by atoms with Crippen molar-refractivity contribution in [1.29, 1.82) is 0 Å². The maximum absolute atomic E-state index is 8.51. The van der Waals surface area contributed by atoms with Crippen molar-refractivity contribution >= 4 is 5.96 Å². The topological polar surface area (TPSA) is 70.6 Å². The van der Waals surface area contributed by atoms with Crippen LogP contribution in [-0.4, -0.2) is 17.2 Å². The van der Waals surface area contributed by atoms with Crippen LogP contribution in [0, 0.1) is 11.8 Å². The van der Waals surface area contributed by atoms with Crippen molar-refractivity contribution in [3.8, 4) is 0 Å². The van der Waals surface area contributed by atoms with Gasteiger partial charge in [-0.15, -0.1) is 0 Å². The number of nitrogens with zero attached hydrogens (tertiary/aromatic N) is 1. The summed E-state index contributed by atoms with van der Waals surface area (Å²) >= 11 is 0. The van der Waals surface area contributed by atoms with Gasteiger partial charge in [0.25, 0.3) is 0 Å². The zero-order valence-corrected chi connectivity index (χ0v) is 8.33. The third-order valence-electron chi connectivity index (χ3n) is 3.08. The van der Waals surface area contributed by atoms with E-state index >= 15 is 0 Å². The molecular formula is C9H19N3O. The fourth-order valence-electron chi connectivity index (χ4n) is 1.94. The molecule has 13 heavy (non-hydrogen) atoms. The molecule has 0 heterocycles. The minimum Gasteiger partial charge on any atom is -0.368 e. The third-order valence-corrected chi connectivity index (χ3v) is 3.08. The summed E-state index contributed by atoms with van der Waals surface area (Å²) in [6.45, 7) is 4.44. The van der Waals surface area contributed by atoms with Gasteiger partial charge in [-0.1, -0.05) is 26.7 Å². The van der Waals surface area contributed by atoms with Gasteiger partial charge in [0.1, 0.15) is 0 Å². The van der Waals surface area contributed by atoms with Crippen molar-refractivity contribution in [3.63, 3.8) is 0 Å². The van der Waals surface area contributed by atoms with E-state index in [0.717, 1.165) is 6.42 Å². The van der Waals surface area contributed by atoms with Crippen molar-refractivity contribution < 1.29 is 5.21 Å². The van der Waals surface area contributed by atoms with E-state index in [1.807, 2.05) is 5.48 Å². The van der Waals surface area contributed by atoms with E-state index in [0.29, 0.717) is 11.8 Å². The molecule has 0 aromatic carbocycles. The van der Waals surface area contributed by atoms with Gasteiger partial charge in [-0.05, 0) is 18.3 Å². The molecule has 1 aliphatic rings. The lowest BCUT2D eigenvalue weighted by molar-refractivity contribution is 0.221. The normalized spacial score (nSPS) is 35.9. The highest BCUT2D eigenvalue weighted by molar-refractivity contribution is 5.76. The molecule has 1 aliphatic carbocycles. The van der Waals surface area contributed by atoms with Gasteiger partial charge in [0.05, 0.1) is 6.04 Å². The van der Waals surface area contributed by atoms with Crippen molar-refractivity contribution in [2.24, 2.45) is 22.6 Å². The van der Waals surface area contributed by atoms with Crippen molar-refractivity contribution in [2.45, 2.75) is 39.2 Å². The SMILES string of the molecule is CC1CCCC(N=C(N)NO)C1C. The molecule has 3 atom stereocenters. The van der Waals surface area contributed by atoms with Crippen LogP contribution in [0.2, 0.25) is 0 Å². The van der Waals surface area contributed by atoms with Crippen molar-refractivity contribution in [1.82, 2.24) is 5.48 Å². The fraction of sp³-hybridized carbons (Fsp3) is 0.889. The molecule has 4 N–H and O–H groups in total. The lowest BCUT2D eigenvalue weighted by Crippen LogP contribution is -2.34. The monoisotopic (exact) mass is 185 g/mol. The van der Waals surface area contributed by atoms with Crippen LogP contribution in [0.5, 0.6) is 0 Å². The highest BCUT2D eigenvalue weighted by Crippen LogP contribution is 2.31. The van der Waals surface area contributed by atoms with Gasteiger partial charge in [0, 0.05) is 0 Å². The summed E-state index contributed by atoms with van der Waals surface area (Å²) in [5.74, 6) is 1.39. The Morgan fingerprint density at radius 3 is 2.77 bits per heavy atom. The first-order valence-electron chi connectivity index (χ1n) is 4.88. The van der Waals surface area contributed by atoms with Gasteiger partial charge >= 0.3 is 0 Å². The summed E-state index contributed by atoms with van der Waals surface area (Å²) < 4.78 is 0. The zero-order valence-electron chi connectivity index (χ0n) is 8.33. The zero-order chi connectivity index (χ0) is 9.84. The number of nitrogens with two attached hydrogens (primary N) is 1. The van der Waals surface area contributed by atoms with E-state index in [1.165, 1.54) is 12.8 Å². The van der Waals surface area contributed by atoms with E-state index in [-0.39, 0.29) is 12.0 Å². The smallest absolute Gasteiger partial charge is 0.213 e. The molecule has 0 amide bonds. The number of hydroxylamine groups is 1. The van der Waals surface area contributed by atoms with Crippen LogP contribution in [0.1, 0.15) is 33.1 Å². The number of nitrogens with one attached hydrogen (secondary N) is 1. The molecule has 1 fully saturated rings. The van der Waals surface area contributed by atoms with Crippen LogP contribution in [-0.2, 0) is 0 Å². The molecular weight excluding hydrogens is 166 g/mol. The summed E-state index contributed by atoms with van der Waals surface area (Å²) in [5.41, 5.74) is 7.28. The maximum atomic E-state index is 8.51. The molecule has 3 unspecified atom stereocenters. The van der Waals surface area contributed by atoms with E-state index < -0.39 is 0 Å². The predicted octanol–water partition coefficient (Wildman–Crippen LogP) is 1.10. The van der Waals surface area contributed by atoms with Gasteiger partial charge in [-0.25, -0.2) is 10.5 Å². The molecule has 0 aliphatic heterocycles. The molecule has 1 rings (SSSR count). The number of hydrogen-bond donors (Lipinski definition) is 3. The predicted molar refractivity (Wildman–Crippen MR) is 52.5 cm³/mol. The number of rotatable bonds is 1. The molecule has 0 spiro atoms. The van der Waals surface area contributed by atoms with Crippen LogP contribution in [0.15, 0.2) is 4.99 Å². The van der Waals surface area contributed by atoms with Crippen LogP contribution in [0.3, 0.4) is 0 Å². The lowest BCUT2D eigenvalue weighted by atomic mass is 9.78. The largest absolute Gasteiger partial charge is 0.368 e. The average molecular weight is 185 g/mol. The summed E-state index contributed by atoms with van der Waals surface area (Å²) in [7, 11) is 0. The summed E-state index contributed by atoms with van der Waals surface area (Å²) in [5, 5.41) is 8.51. The Labute approximate surface area is 79.2 Å². The first kappa shape index (κ1) is 10.3. The molecule has 0 saturated heterocycles. The Hall–Kier alpha value is -0.770. The molecule has 76 valence electrons. The summed E-state index contributed by atoms with van der Waals surface area (Å²) in [6, 6.07) is 0.267. The Balaban J connectivity index is 2.58. The minimum absolute atomic E-state index is 0.131. The molecule has 0 aromatic heterocycles. The fourth-order valence-corrected chi connectivity index (χ4v) is 1.94. The third kappa shape index (κ3) is 2.59. The average Bonchev–Trinajstić information content (AvgIpc) is 2.13. The first-order valence-corrected chi connectivity index (χ1v) is 4.88. The van der Waals surface area contributed by atoms with Crippen LogP contribution >= 0.6 is 0 Å². The Morgan fingerprint density at radius 2 is 2.15 bits per heavy atom. The highest BCUT2D eigenvalue weighted by atomic mass is 16.5. The quantitative estimate of drug-likeness (QED) is 0.325.